The molecule has 2 amide bonds. The molecule has 0 aromatic heterocycles. The molecule has 1 aromatic carbocycles. The molecule has 2 fully saturated rings. The van der Waals surface area contributed by atoms with E-state index in [4.69, 9.17) is 0 Å². The van der Waals surface area contributed by atoms with Gasteiger partial charge in [0.15, 0.2) is 0 Å². The molecule has 1 atom stereocenters. The maximum Gasteiger partial charge on any atom is 0.321 e. The Labute approximate surface area is 168 Å². The Bertz CT molecular complexity index is 574. The van der Waals surface area contributed by atoms with Gasteiger partial charge >= 0.3 is 6.03 Å². The number of urea groups is 1. The van der Waals surface area contributed by atoms with Crippen molar-refractivity contribution in [3.63, 3.8) is 0 Å². The Kier molecular flexibility index (Phi) is 9.13. The second-order valence-electron chi connectivity index (χ2n) is 7.01. The van der Waals surface area contributed by atoms with Crippen LogP contribution >= 0.6 is 24.8 Å². The molecular formula is C18H30Cl2N4O2. The van der Waals surface area contributed by atoms with Crippen molar-refractivity contribution in [3.05, 3.63) is 29.8 Å². The van der Waals surface area contributed by atoms with Crippen LogP contribution in [0.15, 0.2) is 24.3 Å². The van der Waals surface area contributed by atoms with Gasteiger partial charge in [0.05, 0.1) is 5.60 Å². The quantitative estimate of drug-likeness (QED) is 0.721. The van der Waals surface area contributed by atoms with Crippen molar-refractivity contribution in [3.8, 4) is 0 Å². The van der Waals surface area contributed by atoms with Crippen LogP contribution in [0.1, 0.15) is 18.4 Å². The fourth-order valence-corrected chi connectivity index (χ4v) is 3.52. The number of hydrogen-bond acceptors (Lipinski definition) is 4. The van der Waals surface area contributed by atoms with Gasteiger partial charge in [0.2, 0.25) is 0 Å². The molecule has 2 aliphatic heterocycles. The summed E-state index contributed by atoms with van der Waals surface area (Å²) in [4.78, 5) is 16.5. The first kappa shape index (κ1) is 23.0. The van der Waals surface area contributed by atoms with E-state index in [0.717, 1.165) is 43.7 Å². The van der Waals surface area contributed by atoms with E-state index in [2.05, 4.69) is 15.5 Å². The van der Waals surface area contributed by atoms with Crippen molar-refractivity contribution in [2.75, 3.05) is 51.1 Å². The molecule has 148 valence electrons. The third kappa shape index (κ3) is 5.99. The summed E-state index contributed by atoms with van der Waals surface area (Å²) in [5.41, 5.74) is 1.31. The monoisotopic (exact) mass is 404 g/mol. The zero-order valence-electron chi connectivity index (χ0n) is 15.2. The number of para-hydroxylation sites is 1. The summed E-state index contributed by atoms with van der Waals surface area (Å²) in [6.07, 6.45) is 1.88. The van der Waals surface area contributed by atoms with Crippen molar-refractivity contribution < 1.29 is 9.90 Å². The maximum absolute atomic E-state index is 12.4. The number of rotatable bonds is 3. The van der Waals surface area contributed by atoms with Crippen LogP contribution in [0.5, 0.6) is 0 Å². The van der Waals surface area contributed by atoms with Crippen molar-refractivity contribution in [2.24, 2.45) is 0 Å². The molecule has 1 aromatic rings. The van der Waals surface area contributed by atoms with Gasteiger partial charge in [0, 0.05) is 45.0 Å². The summed E-state index contributed by atoms with van der Waals surface area (Å²) < 4.78 is 0. The molecule has 26 heavy (non-hydrogen) atoms. The number of nitrogens with zero attached hydrogens (tertiary/aromatic N) is 2. The van der Waals surface area contributed by atoms with Crippen LogP contribution in [0, 0.1) is 6.92 Å². The summed E-state index contributed by atoms with van der Waals surface area (Å²) in [6, 6.07) is 7.78. The van der Waals surface area contributed by atoms with Gasteiger partial charge in [0.25, 0.3) is 0 Å². The average molecular weight is 405 g/mol. The summed E-state index contributed by atoms with van der Waals surface area (Å²) in [5.74, 6) is 0. The van der Waals surface area contributed by atoms with E-state index < -0.39 is 5.60 Å². The molecule has 0 aliphatic carbocycles. The highest BCUT2D eigenvalue weighted by Crippen LogP contribution is 2.19. The van der Waals surface area contributed by atoms with Crippen LogP contribution in [0.4, 0.5) is 10.5 Å². The van der Waals surface area contributed by atoms with Crippen LogP contribution in [0.25, 0.3) is 0 Å². The van der Waals surface area contributed by atoms with Crippen molar-refractivity contribution >= 4 is 36.5 Å². The van der Waals surface area contributed by atoms with E-state index >= 15 is 0 Å². The lowest BCUT2D eigenvalue weighted by Crippen LogP contribution is -2.57. The number of benzene rings is 1. The van der Waals surface area contributed by atoms with E-state index in [-0.39, 0.29) is 30.8 Å². The van der Waals surface area contributed by atoms with Gasteiger partial charge in [-0.05, 0) is 37.9 Å². The van der Waals surface area contributed by atoms with Gasteiger partial charge in [0.1, 0.15) is 0 Å². The minimum atomic E-state index is -0.621. The molecular weight excluding hydrogens is 375 g/mol. The van der Waals surface area contributed by atoms with Crippen LogP contribution in [-0.4, -0.2) is 72.4 Å². The molecule has 3 N–H and O–H groups in total. The van der Waals surface area contributed by atoms with Crippen molar-refractivity contribution in [2.45, 2.75) is 25.4 Å². The lowest BCUT2D eigenvalue weighted by molar-refractivity contribution is -0.0227. The Morgan fingerprint density at radius 2 is 1.92 bits per heavy atom. The zero-order valence-corrected chi connectivity index (χ0v) is 16.9. The molecule has 0 spiro atoms. The lowest BCUT2D eigenvalue weighted by Gasteiger charge is -2.41. The SMILES string of the molecule is Cc1ccccc1NC(=O)N1CCN(CC2(O)CCCNC2)CC1.Cl.Cl. The molecule has 2 heterocycles. The van der Waals surface area contributed by atoms with Gasteiger partial charge in [-0.2, -0.15) is 0 Å². The Morgan fingerprint density at radius 1 is 1.23 bits per heavy atom. The Hall–Kier alpha value is -1.05. The number of amides is 2. The first-order chi connectivity index (χ1) is 11.6. The molecule has 8 heteroatoms. The molecule has 6 nitrogen and oxygen atoms in total. The number of anilines is 1. The highest BCUT2D eigenvalue weighted by molar-refractivity contribution is 5.90. The standard InChI is InChI=1S/C18H28N4O2.2ClH/c1-15-5-2-3-6-16(15)20-17(23)22-11-9-21(10-12-22)14-18(24)7-4-8-19-13-18;;/h2-3,5-6,19,24H,4,7-14H2,1H3,(H,20,23);2*1H. The number of piperazine rings is 1. The second-order valence-corrected chi connectivity index (χ2v) is 7.01. The summed E-state index contributed by atoms with van der Waals surface area (Å²) in [5, 5.41) is 16.9. The Morgan fingerprint density at radius 3 is 2.54 bits per heavy atom. The van der Waals surface area contributed by atoms with Gasteiger partial charge in [-0.1, -0.05) is 18.2 Å². The molecule has 0 radical (unpaired) electrons. The number of piperidine rings is 1. The topological polar surface area (TPSA) is 67.8 Å². The van der Waals surface area contributed by atoms with E-state index in [1.54, 1.807) is 0 Å². The van der Waals surface area contributed by atoms with Crippen molar-refractivity contribution in [1.82, 2.24) is 15.1 Å². The number of aryl methyl sites for hydroxylation is 1. The first-order valence-electron chi connectivity index (χ1n) is 8.83. The molecule has 2 aliphatic rings. The summed E-state index contributed by atoms with van der Waals surface area (Å²) in [6.45, 7) is 7.35. The van der Waals surface area contributed by atoms with Gasteiger partial charge in [-0.15, -0.1) is 24.8 Å². The fourth-order valence-electron chi connectivity index (χ4n) is 3.52. The number of nitrogens with one attached hydrogen (secondary N) is 2. The third-order valence-electron chi connectivity index (χ3n) is 5.01. The number of carbonyl (C=O) groups is 1. The molecule has 3 rings (SSSR count). The molecule has 2 saturated heterocycles. The molecule has 0 bridgehead atoms. The van der Waals surface area contributed by atoms with Crippen LogP contribution in [0.2, 0.25) is 0 Å². The highest BCUT2D eigenvalue weighted by Gasteiger charge is 2.33. The predicted molar refractivity (Wildman–Crippen MR) is 110 cm³/mol. The van der Waals surface area contributed by atoms with Crippen LogP contribution < -0.4 is 10.6 Å². The Balaban J connectivity index is 0.00000169. The predicted octanol–water partition coefficient (Wildman–Crippen LogP) is 2.10. The number of β-amino-alcohol motifs (C(OH)–C–C–N with tert-alkyl or cyclic N) is 1. The van der Waals surface area contributed by atoms with Crippen LogP contribution in [0.3, 0.4) is 0 Å². The fraction of sp³-hybridized carbons (Fsp3) is 0.611. The lowest BCUT2D eigenvalue weighted by atomic mass is 9.93. The first-order valence-corrected chi connectivity index (χ1v) is 8.83. The summed E-state index contributed by atoms with van der Waals surface area (Å²) in [7, 11) is 0. The van der Waals surface area contributed by atoms with E-state index in [0.29, 0.717) is 26.2 Å². The van der Waals surface area contributed by atoms with E-state index in [1.807, 2.05) is 36.1 Å². The highest BCUT2D eigenvalue weighted by atomic mass is 35.5. The maximum atomic E-state index is 12.4. The van der Waals surface area contributed by atoms with E-state index in [9.17, 15) is 9.90 Å². The minimum absolute atomic E-state index is 0. The number of aliphatic hydroxyl groups is 1. The third-order valence-corrected chi connectivity index (χ3v) is 5.01. The number of carbonyl (C=O) groups excluding carboxylic acids is 1. The van der Waals surface area contributed by atoms with Crippen LogP contribution in [-0.2, 0) is 0 Å². The molecule has 1 unspecified atom stereocenters. The van der Waals surface area contributed by atoms with Crippen molar-refractivity contribution in [1.29, 1.82) is 0 Å². The smallest absolute Gasteiger partial charge is 0.321 e. The molecule has 0 saturated carbocycles. The summed E-state index contributed by atoms with van der Waals surface area (Å²) >= 11 is 0. The second kappa shape index (κ2) is 10.3. The normalized spacial score (nSPS) is 23.5. The zero-order chi connectivity index (χ0) is 17.0. The van der Waals surface area contributed by atoms with Gasteiger partial charge in [-0.3, -0.25) is 4.90 Å². The largest absolute Gasteiger partial charge is 0.387 e. The van der Waals surface area contributed by atoms with Gasteiger partial charge < -0.3 is 20.6 Å². The number of hydrogen-bond donors (Lipinski definition) is 3. The van der Waals surface area contributed by atoms with Gasteiger partial charge in [-0.25, -0.2) is 4.79 Å². The number of halogens is 2. The minimum Gasteiger partial charge on any atom is -0.387 e. The average Bonchev–Trinajstić information content (AvgIpc) is 2.58. The van der Waals surface area contributed by atoms with E-state index in [1.165, 1.54) is 0 Å².